The first-order chi connectivity index (χ1) is 10.2. The number of hydrogen-bond acceptors (Lipinski definition) is 3. The van der Waals surface area contributed by atoms with E-state index in [1.165, 1.54) is 0 Å². The molecule has 3 aromatic rings. The number of aromatic amines is 1. The van der Waals surface area contributed by atoms with Crippen LogP contribution in [-0.2, 0) is 11.2 Å². The minimum absolute atomic E-state index is 0.0985. The maximum Gasteiger partial charge on any atom is 0.228 e. The first kappa shape index (κ1) is 12.9. The van der Waals surface area contributed by atoms with E-state index < -0.39 is 0 Å². The smallest absolute Gasteiger partial charge is 0.228 e. The zero-order valence-corrected chi connectivity index (χ0v) is 11.1. The predicted octanol–water partition coefficient (Wildman–Crippen LogP) is 2.62. The molecule has 0 fully saturated rings. The number of benzene rings is 2. The number of carbonyl (C=O) groups excluding carboxylic acids is 1. The van der Waals surface area contributed by atoms with Crippen molar-refractivity contribution in [2.24, 2.45) is 0 Å². The molecule has 1 heterocycles. The Balaban J connectivity index is 1.69. The number of anilines is 1. The molecule has 0 unspecified atom stereocenters. The van der Waals surface area contributed by atoms with E-state index in [1.807, 2.05) is 24.3 Å². The maximum atomic E-state index is 12.0. The molecule has 0 aliphatic rings. The summed E-state index contributed by atoms with van der Waals surface area (Å²) in [5, 5.41) is 11.5. The van der Waals surface area contributed by atoms with Gasteiger partial charge in [-0.05, 0) is 42.0 Å². The number of H-pyrrole nitrogens is 1. The molecule has 0 bridgehead atoms. The number of nitrogens with one attached hydrogen (secondary N) is 2. The van der Waals surface area contributed by atoms with Crippen molar-refractivity contribution in [3.63, 3.8) is 0 Å². The van der Waals surface area contributed by atoms with E-state index in [9.17, 15) is 4.79 Å². The van der Waals surface area contributed by atoms with Crippen LogP contribution >= 0.6 is 0 Å². The van der Waals surface area contributed by atoms with Crippen LogP contribution in [0.5, 0.6) is 0 Å². The van der Waals surface area contributed by atoms with Crippen molar-refractivity contribution < 1.29 is 4.79 Å². The number of nitriles is 1. The van der Waals surface area contributed by atoms with Crippen molar-refractivity contribution in [2.75, 3.05) is 5.32 Å². The number of carbonyl (C=O) groups is 1. The lowest BCUT2D eigenvalue weighted by atomic mass is 10.1. The van der Waals surface area contributed by atoms with E-state index in [4.69, 9.17) is 5.26 Å². The minimum Gasteiger partial charge on any atom is -0.345 e. The Morgan fingerprint density at radius 3 is 2.81 bits per heavy atom. The quantitative estimate of drug-likeness (QED) is 0.771. The average Bonchev–Trinajstić information content (AvgIpc) is 2.95. The fourth-order valence-corrected chi connectivity index (χ4v) is 2.11. The van der Waals surface area contributed by atoms with Gasteiger partial charge in [0, 0.05) is 5.69 Å². The fourth-order valence-electron chi connectivity index (χ4n) is 2.11. The van der Waals surface area contributed by atoms with Gasteiger partial charge in [0.25, 0.3) is 0 Å². The molecule has 1 aromatic heterocycles. The van der Waals surface area contributed by atoms with Crippen LogP contribution in [-0.4, -0.2) is 15.9 Å². The van der Waals surface area contributed by atoms with E-state index in [1.54, 1.807) is 30.6 Å². The van der Waals surface area contributed by atoms with Gasteiger partial charge in [0.15, 0.2) is 0 Å². The Labute approximate surface area is 121 Å². The molecule has 0 spiro atoms. The summed E-state index contributed by atoms with van der Waals surface area (Å²) in [5.74, 6) is -0.0985. The van der Waals surface area contributed by atoms with Gasteiger partial charge >= 0.3 is 0 Å². The highest BCUT2D eigenvalue weighted by atomic mass is 16.1. The van der Waals surface area contributed by atoms with Gasteiger partial charge < -0.3 is 10.3 Å². The van der Waals surface area contributed by atoms with Crippen molar-refractivity contribution in [2.45, 2.75) is 6.42 Å². The number of imidazole rings is 1. The van der Waals surface area contributed by atoms with Crippen molar-refractivity contribution in [3.05, 3.63) is 59.9 Å². The summed E-state index contributed by atoms with van der Waals surface area (Å²) < 4.78 is 0. The Morgan fingerprint density at radius 2 is 2.05 bits per heavy atom. The van der Waals surface area contributed by atoms with Gasteiger partial charge in [0.1, 0.15) is 0 Å². The van der Waals surface area contributed by atoms with Gasteiger partial charge in [-0.15, -0.1) is 0 Å². The van der Waals surface area contributed by atoms with Crippen LogP contribution in [0.1, 0.15) is 11.1 Å². The molecule has 0 radical (unpaired) electrons. The normalized spacial score (nSPS) is 10.2. The Kier molecular flexibility index (Phi) is 3.36. The zero-order valence-electron chi connectivity index (χ0n) is 11.1. The molecule has 1 amide bonds. The fraction of sp³-hybridized carbons (Fsp3) is 0.0625. The third-order valence-corrected chi connectivity index (χ3v) is 3.15. The van der Waals surface area contributed by atoms with Crippen LogP contribution in [0.25, 0.3) is 11.0 Å². The summed E-state index contributed by atoms with van der Waals surface area (Å²) in [7, 11) is 0. The summed E-state index contributed by atoms with van der Waals surface area (Å²) in [6.45, 7) is 0. The van der Waals surface area contributed by atoms with Gasteiger partial charge in [0.2, 0.25) is 5.91 Å². The molecule has 0 saturated heterocycles. The molecule has 3 rings (SSSR count). The number of rotatable bonds is 3. The zero-order chi connectivity index (χ0) is 14.7. The third kappa shape index (κ3) is 2.90. The molecule has 5 nitrogen and oxygen atoms in total. The van der Waals surface area contributed by atoms with Crippen molar-refractivity contribution in [1.82, 2.24) is 9.97 Å². The van der Waals surface area contributed by atoms with E-state index in [0.717, 1.165) is 16.6 Å². The van der Waals surface area contributed by atoms with Crippen molar-refractivity contribution in [3.8, 4) is 6.07 Å². The van der Waals surface area contributed by atoms with Gasteiger partial charge in [-0.1, -0.05) is 6.07 Å². The molecular formula is C16H12N4O. The molecular weight excluding hydrogens is 264 g/mol. The predicted molar refractivity (Wildman–Crippen MR) is 79.6 cm³/mol. The Morgan fingerprint density at radius 1 is 1.24 bits per heavy atom. The summed E-state index contributed by atoms with van der Waals surface area (Å²) in [6.07, 6.45) is 1.92. The second-order valence-corrected chi connectivity index (χ2v) is 4.67. The summed E-state index contributed by atoms with van der Waals surface area (Å²) in [4.78, 5) is 19.2. The molecule has 0 aliphatic carbocycles. The number of aromatic nitrogens is 2. The van der Waals surface area contributed by atoms with Crippen LogP contribution in [0, 0.1) is 11.3 Å². The lowest BCUT2D eigenvalue weighted by Crippen LogP contribution is -2.14. The SMILES string of the molecule is N#Cc1ccc(NC(=O)Cc2ccc3nc[nH]c3c2)cc1. The summed E-state index contributed by atoms with van der Waals surface area (Å²) in [6, 6.07) is 14.5. The van der Waals surface area contributed by atoms with E-state index in [-0.39, 0.29) is 12.3 Å². The minimum atomic E-state index is -0.0985. The highest BCUT2D eigenvalue weighted by molar-refractivity contribution is 5.92. The molecule has 5 heteroatoms. The summed E-state index contributed by atoms with van der Waals surface area (Å²) in [5.41, 5.74) is 3.96. The third-order valence-electron chi connectivity index (χ3n) is 3.15. The van der Waals surface area contributed by atoms with Gasteiger partial charge in [-0.2, -0.15) is 5.26 Å². The van der Waals surface area contributed by atoms with Gasteiger partial charge in [-0.25, -0.2) is 4.98 Å². The van der Waals surface area contributed by atoms with E-state index in [2.05, 4.69) is 15.3 Å². The molecule has 21 heavy (non-hydrogen) atoms. The first-order valence-corrected chi connectivity index (χ1v) is 6.46. The van der Waals surface area contributed by atoms with Crippen LogP contribution in [0.2, 0.25) is 0 Å². The number of amides is 1. The monoisotopic (exact) mass is 276 g/mol. The first-order valence-electron chi connectivity index (χ1n) is 6.46. The second kappa shape index (κ2) is 5.47. The van der Waals surface area contributed by atoms with Gasteiger partial charge in [0.05, 0.1) is 35.4 Å². The van der Waals surface area contributed by atoms with Crippen LogP contribution in [0.3, 0.4) is 0 Å². The Hall–Kier alpha value is -3.13. The van der Waals surface area contributed by atoms with E-state index in [0.29, 0.717) is 11.3 Å². The summed E-state index contributed by atoms with van der Waals surface area (Å²) >= 11 is 0. The maximum absolute atomic E-state index is 12.0. The number of hydrogen-bond donors (Lipinski definition) is 2. The average molecular weight is 276 g/mol. The van der Waals surface area contributed by atoms with Crippen LogP contribution in [0.4, 0.5) is 5.69 Å². The highest BCUT2D eigenvalue weighted by Crippen LogP contribution is 2.13. The molecule has 102 valence electrons. The van der Waals surface area contributed by atoms with E-state index >= 15 is 0 Å². The lowest BCUT2D eigenvalue weighted by Gasteiger charge is -2.05. The van der Waals surface area contributed by atoms with Gasteiger partial charge in [-0.3, -0.25) is 4.79 Å². The molecule has 0 aliphatic heterocycles. The second-order valence-electron chi connectivity index (χ2n) is 4.67. The highest BCUT2D eigenvalue weighted by Gasteiger charge is 2.06. The molecule has 2 aromatic carbocycles. The molecule has 0 saturated carbocycles. The Bertz CT molecular complexity index is 827. The largest absolute Gasteiger partial charge is 0.345 e. The standard InChI is InChI=1S/C16H12N4O/c17-9-11-1-4-13(5-2-11)20-16(21)8-12-3-6-14-15(7-12)19-10-18-14/h1-7,10H,8H2,(H,18,19)(H,20,21). The molecule has 0 atom stereocenters. The number of fused-ring (bicyclic) bond motifs is 1. The van der Waals surface area contributed by atoms with Crippen LogP contribution in [0.15, 0.2) is 48.8 Å². The lowest BCUT2D eigenvalue weighted by molar-refractivity contribution is -0.115. The number of nitrogens with zero attached hydrogens (tertiary/aromatic N) is 2. The van der Waals surface area contributed by atoms with Crippen molar-refractivity contribution in [1.29, 1.82) is 5.26 Å². The topological polar surface area (TPSA) is 81.6 Å². The van der Waals surface area contributed by atoms with Crippen LogP contribution < -0.4 is 5.32 Å². The molecule has 2 N–H and O–H groups in total. The van der Waals surface area contributed by atoms with Crippen molar-refractivity contribution >= 4 is 22.6 Å².